The maximum absolute atomic E-state index is 2.48. The van der Waals surface area contributed by atoms with Gasteiger partial charge in [0.15, 0.2) is 0 Å². The maximum Gasteiger partial charge on any atom is 0.0548 e. The second-order valence-corrected chi connectivity index (χ2v) is 12.5. The van der Waals surface area contributed by atoms with Gasteiger partial charge >= 0.3 is 0 Å². The van der Waals surface area contributed by atoms with Crippen molar-refractivity contribution in [1.29, 1.82) is 0 Å². The number of thiophene rings is 1. The van der Waals surface area contributed by atoms with E-state index >= 15 is 0 Å². The SMILES string of the molecule is c1ccc(-n2c3ccccc3c3cc4c(cc32)c2cc3ccccc3cc2n4-c2ccc3c(c2)sc2ccccc23)cc1. The summed E-state index contributed by atoms with van der Waals surface area (Å²) >= 11 is 1.88. The maximum atomic E-state index is 2.48. The summed E-state index contributed by atoms with van der Waals surface area (Å²) in [6.07, 6.45) is 0. The average molecular weight is 565 g/mol. The first kappa shape index (κ1) is 23.2. The Morgan fingerprint density at radius 2 is 0.907 bits per heavy atom. The summed E-state index contributed by atoms with van der Waals surface area (Å²) < 4.78 is 7.54. The molecule has 3 heterocycles. The third-order valence-electron chi connectivity index (χ3n) is 9.06. The van der Waals surface area contributed by atoms with Gasteiger partial charge < -0.3 is 9.13 Å². The summed E-state index contributed by atoms with van der Waals surface area (Å²) in [6.45, 7) is 0. The molecule has 0 aliphatic heterocycles. The molecule has 200 valence electrons. The molecule has 3 aromatic heterocycles. The fraction of sp³-hybridized carbons (Fsp3) is 0. The molecule has 10 rings (SSSR count). The van der Waals surface area contributed by atoms with Crippen LogP contribution in [-0.4, -0.2) is 9.13 Å². The van der Waals surface area contributed by atoms with E-state index in [0.29, 0.717) is 0 Å². The monoisotopic (exact) mass is 564 g/mol. The van der Waals surface area contributed by atoms with Gasteiger partial charge in [-0.15, -0.1) is 11.3 Å². The Morgan fingerprint density at radius 1 is 0.326 bits per heavy atom. The molecule has 0 amide bonds. The summed E-state index contributed by atoms with van der Waals surface area (Å²) in [5, 5.41) is 10.3. The number of hydrogen-bond donors (Lipinski definition) is 0. The van der Waals surface area contributed by atoms with E-state index in [-0.39, 0.29) is 0 Å². The van der Waals surface area contributed by atoms with E-state index < -0.39 is 0 Å². The molecular weight excluding hydrogens is 541 g/mol. The lowest BCUT2D eigenvalue weighted by atomic mass is 10.0. The van der Waals surface area contributed by atoms with Crippen molar-refractivity contribution in [1.82, 2.24) is 9.13 Å². The largest absolute Gasteiger partial charge is 0.309 e. The van der Waals surface area contributed by atoms with E-state index in [4.69, 9.17) is 0 Å². The zero-order valence-electron chi connectivity index (χ0n) is 23.2. The minimum Gasteiger partial charge on any atom is -0.309 e. The van der Waals surface area contributed by atoms with Crippen LogP contribution in [0.2, 0.25) is 0 Å². The first-order valence-electron chi connectivity index (χ1n) is 14.7. The molecule has 0 radical (unpaired) electrons. The smallest absolute Gasteiger partial charge is 0.0548 e. The van der Waals surface area contributed by atoms with Crippen LogP contribution in [0, 0.1) is 0 Å². The number of rotatable bonds is 2. The van der Waals surface area contributed by atoms with Crippen molar-refractivity contribution in [3.63, 3.8) is 0 Å². The van der Waals surface area contributed by atoms with Gasteiger partial charge in [-0.05, 0) is 71.4 Å². The van der Waals surface area contributed by atoms with Crippen molar-refractivity contribution in [3.05, 3.63) is 146 Å². The van der Waals surface area contributed by atoms with Gasteiger partial charge in [0.25, 0.3) is 0 Å². The summed E-state index contributed by atoms with van der Waals surface area (Å²) in [5.74, 6) is 0. The third kappa shape index (κ3) is 3.23. The summed E-state index contributed by atoms with van der Waals surface area (Å²) in [7, 11) is 0. The molecule has 43 heavy (non-hydrogen) atoms. The van der Waals surface area contributed by atoms with E-state index in [1.807, 2.05) is 11.3 Å². The van der Waals surface area contributed by atoms with Crippen LogP contribution in [0.1, 0.15) is 0 Å². The van der Waals surface area contributed by atoms with Gasteiger partial charge in [0.2, 0.25) is 0 Å². The molecule has 0 saturated carbocycles. The highest BCUT2D eigenvalue weighted by atomic mass is 32.1. The lowest BCUT2D eigenvalue weighted by Crippen LogP contribution is -1.94. The number of para-hydroxylation sites is 2. The van der Waals surface area contributed by atoms with E-state index in [9.17, 15) is 0 Å². The molecule has 0 saturated heterocycles. The molecule has 0 aliphatic rings. The highest BCUT2D eigenvalue weighted by Crippen LogP contribution is 2.42. The highest BCUT2D eigenvalue weighted by molar-refractivity contribution is 7.25. The van der Waals surface area contributed by atoms with Crippen LogP contribution in [0.4, 0.5) is 0 Å². The second-order valence-electron chi connectivity index (χ2n) is 11.4. The summed E-state index contributed by atoms with van der Waals surface area (Å²) in [5.41, 5.74) is 7.29. The Kier molecular flexibility index (Phi) is 4.63. The lowest BCUT2D eigenvalue weighted by molar-refractivity contribution is 1.18. The van der Waals surface area contributed by atoms with Crippen LogP contribution >= 0.6 is 11.3 Å². The zero-order chi connectivity index (χ0) is 28.1. The predicted molar refractivity (Wildman–Crippen MR) is 186 cm³/mol. The second kappa shape index (κ2) is 8.57. The van der Waals surface area contributed by atoms with Crippen LogP contribution in [0.25, 0.3) is 85.9 Å². The van der Waals surface area contributed by atoms with Gasteiger partial charge in [-0.25, -0.2) is 0 Å². The normalized spacial score (nSPS) is 12.2. The van der Waals surface area contributed by atoms with Gasteiger partial charge in [0.05, 0.1) is 22.1 Å². The molecule has 0 atom stereocenters. The van der Waals surface area contributed by atoms with Gasteiger partial charge in [0, 0.05) is 53.1 Å². The minimum absolute atomic E-state index is 1.18. The Hall–Kier alpha value is -5.38. The number of benzene rings is 7. The molecule has 7 aromatic carbocycles. The molecular formula is C40H24N2S. The van der Waals surface area contributed by atoms with Crippen LogP contribution in [0.5, 0.6) is 0 Å². The van der Waals surface area contributed by atoms with Gasteiger partial charge in [0.1, 0.15) is 0 Å². The fourth-order valence-corrected chi connectivity index (χ4v) is 8.29. The zero-order valence-corrected chi connectivity index (χ0v) is 24.0. The molecule has 2 nitrogen and oxygen atoms in total. The van der Waals surface area contributed by atoms with E-state index in [1.165, 1.54) is 85.9 Å². The standard InChI is InChI=1S/C40H24N2S/c1-2-12-27(13-3-1)41-35-16-8-6-14-29(35)33-23-38-34(24-37(33)41)32-20-25-10-4-5-11-26(25)21-36(32)42(38)28-18-19-31-30-15-7-9-17-39(30)43-40(31)22-28/h1-24H. The lowest BCUT2D eigenvalue weighted by Gasteiger charge is -2.10. The molecule has 0 unspecified atom stereocenters. The first-order valence-corrected chi connectivity index (χ1v) is 15.5. The summed E-state index contributed by atoms with van der Waals surface area (Å²) in [6, 6.07) is 53.5. The van der Waals surface area contributed by atoms with Crippen LogP contribution in [-0.2, 0) is 0 Å². The van der Waals surface area contributed by atoms with E-state index in [2.05, 4.69) is 155 Å². The Balaban J connectivity index is 1.37. The predicted octanol–water partition coefficient (Wildman–Crippen LogP) is 11.4. The van der Waals surface area contributed by atoms with Gasteiger partial charge in [-0.2, -0.15) is 0 Å². The molecule has 3 heteroatoms. The molecule has 0 N–H and O–H groups in total. The number of nitrogens with zero attached hydrogens (tertiary/aromatic N) is 2. The Bertz CT molecular complexity index is 2720. The number of fused-ring (bicyclic) bond motifs is 10. The molecule has 10 aromatic rings. The Morgan fingerprint density at radius 3 is 1.74 bits per heavy atom. The number of aromatic nitrogens is 2. The quantitative estimate of drug-likeness (QED) is 0.198. The highest BCUT2D eigenvalue weighted by Gasteiger charge is 2.19. The third-order valence-corrected chi connectivity index (χ3v) is 10.2. The van der Waals surface area contributed by atoms with Crippen LogP contribution in [0.3, 0.4) is 0 Å². The van der Waals surface area contributed by atoms with E-state index in [1.54, 1.807) is 0 Å². The van der Waals surface area contributed by atoms with Crippen molar-refractivity contribution in [2.24, 2.45) is 0 Å². The van der Waals surface area contributed by atoms with Crippen molar-refractivity contribution in [2.75, 3.05) is 0 Å². The molecule has 0 aliphatic carbocycles. The Labute approximate surface area is 251 Å². The fourth-order valence-electron chi connectivity index (χ4n) is 7.15. The molecule has 0 spiro atoms. The van der Waals surface area contributed by atoms with Crippen LogP contribution in [0.15, 0.2) is 146 Å². The van der Waals surface area contributed by atoms with Gasteiger partial charge in [-0.3, -0.25) is 0 Å². The first-order chi connectivity index (χ1) is 21.3. The van der Waals surface area contributed by atoms with Crippen molar-refractivity contribution in [3.8, 4) is 11.4 Å². The molecule has 0 fully saturated rings. The van der Waals surface area contributed by atoms with Crippen LogP contribution < -0.4 is 0 Å². The van der Waals surface area contributed by atoms with E-state index in [0.717, 1.165) is 0 Å². The van der Waals surface area contributed by atoms with Crippen molar-refractivity contribution >= 4 is 85.9 Å². The topological polar surface area (TPSA) is 9.86 Å². The van der Waals surface area contributed by atoms with Crippen molar-refractivity contribution in [2.45, 2.75) is 0 Å². The van der Waals surface area contributed by atoms with Gasteiger partial charge in [-0.1, -0.05) is 84.9 Å². The molecule has 0 bridgehead atoms. The summed E-state index contributed by atoms with van der Waals surface area (Å²) in [4.78, 5) is 0. The minimum atomic E-state index is 1.18. The van der Waals surface area contributed by atoms with Crippen molar-refractivity contribution < 1.29 is 0 Å². The average Bonchev–Trinajstić information content (AvgIpc) is 3.69. The number of hydrogen-bond acceptors (Lipinski definition) is 1.